The van der Waals surface area contributed by atoms with E-state index in [1.807, 2.05) is 12.1 Å². The summed E-state index contributed by atoms with van der Waals surface area (Å²) in [5, 5.41) is 29.9. The lowest BCUT2D eigenvalue weighted by Gasteiger charge is -2.12. The number of hydrogen-bond donors (Lipinski definition) is 5. The molecule has 0 atom stereocenters. The number of aliphatic hydroxyl groups is 1. The third-order valence-electron chi connectivity index (χ3n) is 3.50. The summed E-state index contributed by atoms with van der Waals surface area (Å²) in [7, 11) is 0. The first-order valence-corrected chi connectivity index (χ1v) is 6.94. The number of nitrogen functional groups attached to an aromatic ring is 1. The summed E-state index contributed by atoms with van der Waals surface area (Å²) in [4.78, 5) is 4.11. The van der Waals surface area contributed by atoms with Crippen molar-refractivity contribution in [1.82, 2.24) is 10.3 Å². The molecule has 0 spiro atoms. The van der Waals surface area contributed by atoms with Gasteiger partial charge in [-0.2, -0.15) is 0 Å². The Hall–Kier alpha value is -2.44. The van der Waals surface area contributed by atoms with E-state index in [9.17, 15) is 10.2 Å². The lowest BCUT2D eigenvalue weighted by Crippen LogP contribution is -2.15. The third-order valence-corrected chi connectivity index (χ3v) is 3.50. The Labute approximate surface area is 129 Å². The Morgan fingerprint density at radius 3 is 2.55 bits per heavy atom. The first-order valence-electron chi connectivity index (χ1n) is 6.94. The first-order chi connectivity index (χ1) is 10.5. The average molecular weight is 300 g/mol. The van der Waals surface area contributed by atoms with Gasteiger partial charge < -0.3 is 21.3 Å². The molecule has 1 heterocycles. The van der Waals surface area contributed by atoms with Crippen LogP contribution in [0.3, 0.4) is 0 Å². The van der Waals surface area contributed by atoms with Gasteiger partial charge in [-0.05, 0) is 18.1 Å². The van der Waals surface area contributed by atoms with Gasteiger partial charge in [0.25, 0.3) is 0 Å². The van der Waals surface area contributed by atoms with E-state index in [1.165, 1.54) is 0 Å². The van der Waals surface area contributed by atoms with Crippen molar-refractivity contribution in [2.24, 2.45) is 5.73 Å². The van der Waals surface area contributed by atoms with Gasteiger partial charge in [0.1, 0.15) is 11.6 Å². The summed E-state index contributed by atoms with van der Waals surface area (Å²) in [6, 6.07) is 7.42. The van der Waals surface area contributed by atoms with Gasteiger partial charge >= 0.3 is 0 Å². The number of aliphatic hydroxyl groups excluding tert-OH is 1. The molecule has 6 N–H and O–H groups in total. The molecule has 0 saturated heterocycles. The van der Waals surface area contributed by atoms with Crippen molar-refractivity contribution in [3.63, 3.8) is 0 Å². The van der Waals surface area contributed by atoms with Crippen LogP contribution in [0.2, 0.25) is 0 Å². The highest BCUT2D eigenvalue weighted by Crippen LogP contribution is 2.23. The predicted octanol–water partition coefficient (Wildman–Crippen LogP) is 1.16. The van der Waals surface area contributed by atoms with Crippen LogP contribution < -0.4 is 11.1 Å². The summed E-state index contributed by atoms with van der Waals surface area (Å²) >= 11 is 0. The number of nitrogens with zero attached hydrogens (tertiary/aromatic N) is 1. The van der Waals surface area contributed by atoms with Gasteiger partial charge in [0.2, 0.25) is 0 Å². The van der Waals surface area contributed by atoms with Crippen LogP contribution in [0.1, 0.15) is 27.9 Å². The molecule has 0 bridgehead atoms. The highest BCUT2D eigenvalue weighted by atomic mass is 16.3. The fourth-order valence-electron chi connectivity index (χ4n) is 2.16. The van der Waals surface area contributed by atoms with Crippen molar-refractivity contribution in [3.8, 4) is 5.75 Å². The van der Waals surface area contributed by atoms with E-state index < -0.39 is 0 Å². The molecule has 0 amide bonds. The van der Waals surface area contributed by atoms with E-state index in [0.29, 0.717) is 29.9 Å². The number of benzene rings is 1. The maximum atomic E-state index is 9.90. The predicted molar refractivity (Wildman–Crippen MR) is 84.6 cm³/mol. The molecule has 0 unspecified atom stereocenters. The molecule has 2 rings (SSSR count). The second kappa shape index (κ2) is 7.02. The van der Waals surface area contributed by atoms with E-state index in [1.54, 1.807) is 25.3 Å². The molecule has 116 valence electrons. The number of nitrogens with two attached hydrogens (primary N) is 1. The summed E-state index contributed by atoms with van der Waals surface area (Å²) < 4.78 is 0. The lowest BCUT2D eigenvalue weighted by atomic mass is 10.1. The van der Waals surface area contributed by atoms with Crippen LogP contribution in [-0.2, 0) is 19.7 Å². The van der Waals surface area contributed by atoms with Crippen LogP contribution >= 0.6 is 0 Å². The third kappa shape index (κ3) is 3.60. The first kappa shape index (κ1) is 15.9. The number of hydrogen-bond acceptors (Lipinski definition) is 5. The second-order valence-electron chi connectivity index (χ2n) is 5.07. The van der Waals surface area contributed by atoms with Crippen molar-refractivity contribution >= 4 is 5.84 Å². The topological polar surface area (TPSA) is 115 Å². The molecule has 2 aromatic rings. The van der Waals surface area contributed by atoms with E-state index in [-0.39, 0.29) is 18.2 Å². The molecule has 0 fully saturated rings. The lowest BCUT2D eigenvalue weighted by molar-refractivity contribution is 0.273. The fourth-order valence-corrected chi connectivity index (χ4v) is 2.16. The number of aromatic nitrogens is 1. The molecular weight excluding hydrogens is 280 g/mol. The van der Waals surface area contributed by atoms with Gasteiger partial charge in [0.05, 0.1) is 12.3 Å². The standard InChI is InChI=1S/C16H20N4O2/c1-10-15(22)14(9-21)13(8-20-10)7-19-6-11-2-4-12(5-3-11)16(17)18/h2-5,8,19,21-22H,6-7,9H2,1H3,(H3,17,18). The zero-order valence-corrected chi connectivity index (χ0v) is 12.4. The van der Waals surface area contributed by atoms with Crippen LogP contribution in [-0.4, -0.2) is 21.0 Å². The highest BCUT2D eigenvalue weighted by molar-refractivity contribution is 5.94. The smallest absolute Gasteiger partial charge is 0.142 e. The molecule has 0 aliphatic heterocycles. The molecule has 1 aromatic heterocycles. The van der Waals surface area contributed by atoms with Crippen molar-refractivity contribution in [3.05, 3.63) is 58.4 Å². The molecule has 6 nitrogen and oxygen atoms in total. The number of pyridine rings is 1. The van der Waals surface area contributed by atoms with Crippen molar-refractivity contribution < 1.29 is 10.2 Å². The number of aryl methyl sites for hydroxylation is 1. The van der Waals surface area contributed by atoms with Crippen LogP contribution in [0.25, 0.3) is 0 Å². The maximum Gasteiger partial charge on any atom is 0.142 e. The van der Waals surface area contributed by atoms with Gasteiger partial charge in [-0.25, -0.2) is 0 Å². The minimum Gasteiger partial charge on any atom is -0.506 e. The number of rotatable bonds is 6. The fraction of sp³-hybridized carbons (Fsp3) is 0.250. The SMILES string of the molecule is Cc1ncc(CNCc2ccc(C(=N)N)cc2)c(CO)c1O. The quantitative estimate of drug-likeness (QED) is 0.405. The molecule has 1 aromatic carbocycles. The van der Waals surface area contributed by atoms with Gasteiger partial charge in [-0.15, -0.1) is 0 Å². The zero-order valence-electron chi connectivity index (χ0n) is 12.4. The van der Waals surface area contributed by atoms with E-state index in [4.69, 9.17) is 11.1 Å². The van der Waals surface area contributed by atoms with E-state index in [2.05, 4.69) is 10.3 Å². The number of amidine groups is 1. The molecule has 0 aliphatic rings. The van der Waals surface area contributed by atoms with E-state index in [0.717, 1.165) is 11.1 Å². The minimum atomic E-state index is -0.223. The molecule has 0 aliphatic carbocycles. The average Bonchev–Trinajstić information content (AvgIpc) is 2.51. The zero-order chi connectivity index (χ0) is 16.1. The largest absolute Gasteiger partial charge is 0.506 e. The highest BCUT2D eigenvalue weighted by Gasteiger charge is 2.10. The Kier molecular flexibility index (Phi) is 5.08. The van der Waals surface area contributed by atoms with Crippen molar-refractivity contribution in [2.75, 3.05) is 0 Å². The van der Waals surface area contributed by atoms with Crippen LogP contribution in [0.15, 0.2) is 30.5 Å². The summed E-state index contributed by atoms with van der Waals surface area (Å²) in [6.45, 7) is 2.59. The van der Waals surface area contributed by atoms with Gasteiger partial charge in [-0.1, -0.05) is 24.3 Å². The summed E-state index contributed by atoms with van der Waals surface area (Å²) in [5.41, 5.74) is 8.94. The molecule has 6 heteroatoms. The maximum absolute atomic E-state index is 9.90. The van der Waals surface area contributed by atoms with Gasteiger partial charge in [-0.3, -0.25) is 10.4 Å². The number of aromatic hydroxyl groups is 1. The second-order valence-corrected chi connectivity index (χ2v) is 5.07. The normalized spacial score (nSPS) is 10.6. The molecule has 0 radical (unpaired) electrons. The molecule has 22 heavy (non-hydrogen) atoms. The Morgan fingerprint density at radius 2 is 1.95 bits per heavy atom. The Morgan fingerprint density at radius 1 is 1.27 bits per heavy atom. The minimum absolute atomic E-state index is 0.0487. The molecule has 0 saturated carbocycles. The number of nitrogens with one attached hydrogen (secondary N) is 2. The van der Waals surface area contributed by atoms with Gasteiger partial charge in [0.15, 0.2) is 0 Å². The Bertz CT molecular complexity index is 669. The Balaban J connectivity index is 1.99. The van der Waals surface area contributed by atoms with Crippen LogP contribution in [0, 0.1) is 12.3 Å². The molecular formula is C16H20N4O2. The van der Waals surface area contributed by atoms with E-state index >= 15 is 0 Å². The van der Waals surface area contributed by atoms with Crippen LogP contribution in [0.5, 0.6) is 5.75 Å². The summed E-state index contributed by atoms with van der Waals surface area (Å²) in [6.07, 6.45) is 1.66. The van der Waals surface area contributed by atoms with Gasteiger partial charge in [0, 0.05) is 30.4 Å². The monoisotopic (exact) mass is 300 g/mol. The summed E-state index contributed by atoms with van der Waals surface area (Å²) in [5.74, 6) is 0.0981. The van der Waals surface area contributed by atoms with Crippen LogP contribution in [0.4, 0.5) is 0 Å². The van der Waals surface area contributed by atoms with Crippen molar-refractivity contribution in [1.29, 1.82) is 5.41 Å². The van der Waals surface area contributed by atoms with Crippen molar-refractivity contribution in [2.45, 2.75) is 26.6 Å².